The van der Waals surface area contributed by atoms with Gasteiger partial charge in [0, 0.05) is 35.8 Å². The van der Waals surface area contributed by atoms with Gasteiger partial charge >= 0.3 is 0 Å². The van der Waals surface area contributed by atoms with E-state index in [4.69, 9.17) is 11.6 Å². The van der Waals surface area contributed by atoms with Crippen molar-refractivity contribution in [3.05, 3.63) is 68.5 Å². The Morgan fingerprint density at radius 1 is 1.03 bits per heavy atom. The third kappa shape index (κ3) is 6.35. The molecule has 1 saturated heterocycles. The molecule has 0 aromatic heterocycles. The van der Waals surface area contributed by atoms with E-state index < -0.39 is 0 Å². The number of carbonyl (C=O) groups is 2. The Hall–Kier alpha value is -2.59. The molecule has 2 aromatic carbocycles. The van der Waals surface area contributed by atoms with Crippen molar-refractivity contribution in [1.29, 1.82) is 0 Å². The molecule has 1 fully saturated rings. The predicted octanol–water partition coefficient (Wildman–Crippen LogP) is 4.95. The highest BCUT2D eigenvalue weighted by Crippen LogP contribution is 2.26. The summed E-state index contributed by atoms with van der Waals surface area (Å²) in [6, 6.07) is 11.2. The van der Waals surface area contributed by atoms with Gasteiger partial charge in [0.05, 0.1) is 0 Å². The molecule has 2 amide bonds. The molecule has 0 bridgehead atoms. The lowest BCUT2D eigenvalue weighted by molar-refractivity contribution is 0.0685. The van der Waals surface area contributed by atoms with Crippen LogP contribution in [-0.2, 0) is 0 Å². The first kappa shape index (κ1) is 25.5. The molecule has 1 N–H and O–H groups in total. The minimum absolute atomic E-state index is 0.0248. The number of likely N-dealkylation sites (tertiary alicyclic amines) is 1. The number of nitrogens with zero attached hydrogens (tertiary/aromatic N) is 1. The Labute approximate surface area is 214 Å². The van der Waals surface area contributed by atoms with Gasteiger partial charge in [-0.2, -0.15) is 0 Å². The zero-order chi connectivity index (χ0) is 24.9. The molecule has 1 aliphatic carbocycles. The number of hydrogen-bond donors (Lipinski definition) is 1. The van der Waals surface area contributed by atoms with Crippen molar-refractivity contribution in [2.75, 3.05) is 19.6 Å². The molecule has 0 saturated carbocycles. The topological polar surface area (TPSA) is 49.4 Å². The molecule has 186 valence electrons. The van der Waals surface area contributed by atoms with Crippen LogP contribution in [0.2, 0.25) is 5.02 Å². The summed E-state index contributed by atoms with van der Waals surface area (Å²) in [4.78, 5) is 27.3. The fraction of sp³-hybridized carbons (Fsp3) is 0.467. The molecule has 2 aromatic rings. The summed E-state index contributed by atoms with van der Waals surface area (Å²) in [5.74, 6) is 1.70. The Bertz CT molecular complexity index is 1180. The van der Waals surface area contributed by atoms with Gasteiger partial charge in [-0.25, -0.2) is 0 Å². The van der Waals surface area contributed by atoms with Gasteiger partial charge in [-0.05, 0) is 90.3 Å². The number of benzene rings is 2. The molecule has 1 unspecified atom stereocenters. The van der Waals surface area contributed by atoms with Gasteiger partial charge in [-0.15, -0.1) is 0 Å². The van der Waals surface area contributed by atoms with E-state index in [2.05, 4.69) is 44.3 Å². The quantitative estimate of drug-likeness (QED) is 0.567. The van der Waals surface area contributed by atoms with Crippen molar-refractivity contribution in [1.82, 2.24) is 10.2 Å². The SMILES string of the molecule is Cc1c(C(=O)NCC(C)C)ccc2c1=CC(CCCC1CCN(C(=O)c3ccc(Cl)cc3)CC1)C=2. The van der Waals surface area contributed by atoms with Gasteiger partial charge in [0.2, 0.25) is 0 Å². The van der Waals surface area contributed by atoms with E-state index >= 15 is 0 Å². The van der Waals surface area contributed by atoms with E-state index in [1.807, 2.05) is 23.1 Å². The minimum atomic E-state index is 0.0248. The monoisotopic (exact) mass is 492 g/mol. The Morgan fingerprint density at radius 2 is 1.74 bits per heavy atom. The molecular weight excluding hydrogens is 456 g/mol. The van der Waals surface area contributed by atoms with Crippen LogP contribution in [-0.4, -0.2) is 36.3 Å². The summed E-state index contributed by atoms with van der Waals surface area (Å²) in [7, 11) is 0. The van der Waals surface area contributed by atoms with E-state index in [1.165, 1.54) is 23.3 Å². The normalized spacial score (nSPS) is 17.6. The van der Waals surface area contributed by atoms with Gasteiger partial charge in [0.1, 0.15) is 0 Å². The number of halogens is 1. The molecule has 2 aliphatic rings. The summed E-state index contributed by atoms with van der Waals surface area (Å²) in [5.41, 5.74) is 2.59. The largest absolute Gasteiger partial charge is 0.352 e. The number of rotatable bonds is 8. The zero-order valence-corrected chi connectivity index (χ0v) is 21.9. The molecular formula is C30H37ClN2O2. The van der Waals surface area contributed by atoms with Crippen molar-refractivity contribution < 1.29 is 9.59 Å². The first-order valence-corrected chi connectivity index (χ1v) is 13.4. The second-order valence-corrected chi connectivity index (χ2v) is 11.0. The Kier molecular flexibility index (Phi) is 8.33. The first-order valence-electron chi connectivity index (χ1n) is 13.0. The Balaban J connectivity index is 1.25. The van der Waals surface area contributed by atoms with Crippen LogP contribution in [0.4, 0.5) is 0 Å². The van der Waals surface area contributed by atoms with Crippen LogP contribution in [0.15, 0.2) is 36.4 Å². The van der Waals surface area contributed by atoms with Gasteiger partial charge in [0.25, 0.3) is 11.8 Å². The molecule has 4 nitrogen and oxygen atoms in total. The zero-order valence-electron chi connectivity index (χ0n) is 21.1. The summed E-state index contributed by atoms with van der Waals surface area (Å²) in [6.45, 7) is 8.64. The maximum atomic E-state index is 12.7. The summed E-state index contributed by atoms with van der Waals surface area (Å²) in [5, 5.41) is 6.17. The maximum Gasteiger partial charge on any atom is 0.253 e. The highest BCUT2D eigenvalue weighted by Gasteiger charge is 2.24. The number of piperidine rings is 1. The Morgan fingerprint density at radius 3 is 2.43 bits per heavy atom. The van der Waals surface area contributed by atoms with E-state index in [1.54, 1.807) is 12.1 Å². The lowest BCUT2D eigenvalue weighted by atomic mass is 9.89. The van der Waals surface area contributed by atoms with Crippen LogP contribution >= 0.6 is 11.6 Å². The highest BCUT2D eigenvalue weighted by atomic mass is 35.5. The van der Waals surface area contributed by atoms with Crippen molar-refractivity contribution in [3.63, 3.8) is 0 Å². The third-order valence-corrected chi connectivity index (χ3v) is 7.63. The van der Waals surface area contributed by atoms with Crippen LogP contribution in [0, 0.1) is 24.7 Å². The molecule has 1 aliphatic heterocycles. The first-order chi connectivity index (χ1) is 16.8. The number of amides is 2. The number of nitrogens with one attached hydrogen (secondary N) is 1. The lowest BCUT2D eigenvalue weighted by Crippen LogP contribution is -2.38. The van der Waals surface area contributed by atoms with Crippen molar-refractivity contribution in [3.8, 4) is 0 Å². The average molecular weight is 493 g/mol. The van der Waals surface area contributed by atoms with Crippen LogP contribution < -0.4 is 15.8 Å². The van der Waals surface area contributed by atoms with E-state index in [0.29, 0.717) is 29.3 Å². The van der Waals surface area contributed by atoms with Crippen molar-refractivity contribution in [2.24, 2.45) is 17.8 Å². The number of carbonyl (C=O) groups excluding carboxylic acids is 2. The molecule has 1 atom stereocenters. The molecule has 0 spiro atoms. The van der Waals surface area contributed by atoms with Crippen molar-refractivity contribution in [2.45, 2.75) is 52.9 Å². The lowest BCUT2D eigenvalue weighted by Gasteiger charge is -2.32. The summed E-state index contributed by atoms with van der Waals surface area (Å²) >= 11 is 5.95. The maximum absolute atomic E-state index is 12.7. The number of hydrogen-bond acceptors (Lipinski definition) is 2. The van der Waals surface area contributed by atoms with Crippen LogP contribution in [0.25, 0.3) is 12.2 Å². The second-order valence-electron chi connectivity index (χ2n) is 10.5. The van der Waals surface area contributed by atoms with Crippen molar-refractivity contribution >= 4 is 35.6 Å². The van der Waals surface area contributed by atoms with Crippen LogP contribution in [0.1, 0.15) is 72.2 Å². The van der Waals surface area contributed by atoms with E-state index in [-0.39, 0.29) is 11.8 Å². The molecule has 1 heterocycles. The highest BCUT2D eigenvalue weighted by molar-refractivity contribution is 6.30. The summed E-state index contributed by atoms with van der Waals surface area (Å²) in [6.07, 6.45) is 10.4. The van der Waals surface area contributed by atoms with E-state index in [9.17, 15) is 9.59 Å². The summed E-state index contributed by atoms with van der Waals surface area (Å²) < 4.78 is 0. The van der Waals surface area contributed by atoms with Gasteiger partial charge in [-0.1, -0.05) is 56.5 Å². The fourth-order valence-electron chi connectivity index (χ4n) is 5.26. The standard InChI is InChI=1S/C30H37ClN2O2/c1-20(2)19-32-29(34)27-12-9-25-17-23(18-28(25)21(27)3)6-4-5-22-13-15-33(16-14-22)30(35)24-7-10-26(31)11-8-24/h7-12,17-18,20,22-23H,4-6,13-16,19H2,1-3H3,(H,32,34). The van der Waals surface area contributed by atoms with Crippen LogP contribution in [0.3, 0.4) is 0 Å². The van der Waals surface area contributed by atoms with Gasteiger partial charge in [0.15, 0.2) is 0 Å². The van der Waals surface area contributed by atoms with Gasteiger partial charge in [-0.3, -0.25) is 9.59 Å². The third-order valence-electron chi connectivity index (χ3n) is 7.38. The smallest absolute Gasteiger partial charge is 0.253 e. The average Bonchev–Trinajstić information content (AvgIpc) is 3.27. The van der Waals surface area contributed by atoms with Crippen LogP contribution in [0.5, 0.6) is 0 Å². The van der Waals surface area contributed by atoms with Gasteiger partial charge < -0.3 is 10.2 Å². The molecule has 5 heteroatoms. The molecule has 4 rings (SSSR count). The molecule has 35 heavy (non-hydrogen) atoms. The number of fused-ring (bicyclic) bond motifs is 1. The second kappa shape index (κ2) is 11.4. The van der Waals surface area contributed by atoms with E-state index in [0.717, 1.165) is 49.0 Å². The molecule has 0 radical (unpaired) electrons. The predicted molar refractivity (Wildman–Crippen MR) is 144 cm³/mol. The minimum Gasteiger partial charge on any atom is -0.352 e. The fourth-order valence-corrected chi connectivity index (χ4v) is 5.38.